The SMILES string of the molecule is CC(C)(C)OC(=O)NC(C)(C)C(=O)N[C@H](Cc1c[nH]c2ccccc12)C(=O)N1CCC2(CC1)CC(NC(=O)c1ccccc1)c1ccccc12. The molecule has 1 unspecified atom stereocenters. The number of nitrogens with one attached hydrogen (secondary N) is 4. The fourth-order valence-electron chi connectivity index (χ4n) is 7.38. The third-order valence-electron chi connectivity index (χ3n) is 9.96. The number of ether oxygens (including phenoxy) is 1. The van der Waals surface area contributed by atoms with Crippen molar-refractivity contribution in [1.29, 1.82) is 0 Å². The topological polar surface area (TPSA) is 133 Å². The summed E-state index contributed by atoms with van der Waals surface area (Å²) in [6.45, 7) is 9.46. The molecule has 10 nitrogen and oxygen atoms in total. The molecule has 4 aromatic rings. The van der Waals surface area contributed by atoms with E-state index in [9.17, 15) is 19.2 Å². The number of rotatable bonds is 8. The van der Waals surface area contributed by atoms with E-state index in [1.165, 1.54) is 5.56 Å². The van der Waals surface area contributed by atoms with Gasteiger partial charge in [-0.3, -0.25) is 14.4 Å². The summed E-state index contributed by atoms with van der Waals surface area (Å²) in [5.41, 5.74) is 2.57. The minimum absolute atomic E-state index is 0.102. The number of piperidine rings is 1. The largest absolute Gasteiger partial charge is 0.444 e. The van der Waals surface area contributed by atoms with Gasteiger partial charge < -0.3 is 30.6 Å². The van der Waals surface area contributed by atoms with Crippen LogP contribution in [0.4, 0.5) is 4.79 Å². The van der Waals surface area contributed by atoms with Gasteiger partial charge in [-0.05, 0) is 88.8 Å². The average Bonchev–Trinajstić information content (AvgIpc) is 3.62. The minimum Gasteiger partial charge on any atom is -0.444 e. The number of likely N-dealkylation sites (tertiary alicyclic amines) is 1. The van der Waals surface area contributed by atoms with Crippen LogP contribution in [0.15, 0.2) is 85.1 Å². The average molecular weight is 678 g/mol. The first-order valence-corrected chi connectivity index (χ1v) is 17.4. The van der Waals surface area contributed by atoms with Gasteiger partial charge in [0.15, 0.2) is 0 Å². The maximum Gasteiger partial charge on any atom is 0.408 e. The number of aromatic nitrogens is 1. The summed E-state index contributed by atoms with van der Waals surface area (Å²) in [6.07, 6.45) is 3.65. The third-order valence-corrected chi connectivity index (χ3v) is 9.96. The molecule has 1 aromatic heterocycles. The van der Waals surface area contributed by atoms with E-state index in [4.69, 9.17) is 4.74 Å². The van der Waals surface area contributed by atoms with Crippen molar-refractivity contribution in [3.05, 3.63) is 107 Å². The Labute approximate surface area is 293 Å². The second-order valence-electron chi connectivity index (χ2n) is 15.1. The number of hydrogen-bond donors (Lipinski definition) is 4. The first-order valence-electron chi connectivity index (χ1n) is 17.4. The molecular formula is C40H47N5O5. The number of hydrogen-bond acceptors (Lipinski definition) is 5. The number of amides is 4. The number of nitrogens with zero attached hydrogens (tertiary/aromatic N) is 1. The number of carbonyl (C=O) groups excluding carboxylic acids is 4. The van der Waals surface area contributed by atoms with Crippen molar-refractivity contribution in [3.8, 4) is 0 Å². The maximum atomic E-state index is 14.4. The molecule has 0 bridgehead atoms. The first kappa shape index (κ1) is 34.7. The monoisotopic (exact) mass is 677 g/mol. The Morgan fingerprint density at radius 2 is 1.56 bits per heavy atom. The highest BCUT2D eigenvalue weighted by molar-refractivity contribution is 5.95. The summed E-state index contributed by atoms with van der Waals surface area (Å²) in [5, 5.41) is 9.89. The molecule has 1 aliphatic carbocycles. The number of para-hydroxylation sites is 1. The standard InChI is InChI=1S/C40H47N5O5/c1-38(2,3)50-37(49)44-39(4,5)36(48)43-32(23-27-25-41-31-18-12-10-15-28(27)31)35(47)45-21-19-40(20-22-45)24-33(29-16-9-11-17-30(29)40)42-34(46)26-13-7-6-8-14-26/h6-18,25,32-33,41H,19-24H2,1-5H3,(H,42,46)(H,43,48)(H,44,49)/t32-,33?/m1/s1. The molecule has 0 radical (unpaired) electrons. The molecule has 6 rings (SSSR count). The molecule has 2 atom stereocenters. The van der Waals surface area contributed by atoms with Crippen LogP contribution in [-0.2, 0) is 26.2 Å². The molecule has 1 fully saturated rings. The molecule has 2 heterocycles. The van der Waals surface area contributed by atoms with Crippen molar-refractivity contribution in [2.75, 3.05) is 13.1 Å². The number of alkyl carbamates (subject to hydrolysis) is 1. The van der Waals surface area contributed by atoms with Crippen molar-refractivity contribution in [2.24, 2.45) is 0 Å². The Hall–Kier alpha value is -5.12. The molecule has 1 saturated heterocycles. The Morgan fingerprint density at radius 3 is 2.28 bits per heavy atom. The number of fused-ring (bicyclic) bond motifs is 3. The van der Waals surface area contributed by atoms with Crippen LogP contribution in [0.25, 0.3) is 10.9 Å². The number of aromatic amines is 1. The van der Waals surface area contributed by atoms with Crippen molar-refractivity contribution in [3.63, 3.8) is 0 Å². The molecule has 0 saturated carbocycles. The highest BCUT2D eigenvalue weighted by Gasteiger charge is 2.47. The highest BCUT2D eigenvalue weighted by Crippen LogP contribution is 2.50. The Bertz CT molecular complexity index is 1880. The maximum absolute atomic E-state index is 14.4. The zero-order chi connectivity index (χ0) is 35.7. The Balaban J connectivity index is 1.19. The lowest BCUT2D eigenvalue weighted by Crippen LogP contribution is -2.60. The van der Waals surface area contributed by atoms with Gasteiger partial charge in [0.1, 0.15) is 17.2 Å². The van der Waals surface area contributed by atoms with Gasteiger partial charge >= 0.3 is 6.09 Å². The molecule has 1 spiro atoms. The lowest BCUT2D eigenvalue weighted by Gasteiger charge is -2.41. The number of H-pyrrole nitrogens is 1. The Morgan fingerprint density at radius 1 is 0.900 bits per heavy atom. The van der Waals surface area contributed by atoms with Crippen molar-refractivity contribution in [2.45, 2.75) is 88.9 Å². The lowest BCUT2D eigenvalue weighted by atomic mass is 9.73. The fraction of sp³-hybridized carbons (Fsp3) is 0.400. The van der Waals surface area contributed by atoms with Crippen LogP contribution in [-0.4, -0.2) is 64.0 Å². The van der Waals surface area contributed by atoms with Crippen molar-refractivity contribution < 1.29 is 23.9 Å². The van der Waals surface area contributed by atoms with Crippen LogP contribution in [0.5, 0.6) is 0 Å². The van der Waals surface area contributed by atoms with E-state index in [1.54, 1.807) is 34.6 Å². The van der Waals surface area contributed by atoms with Crippen LogP contribution in [0.1, 0.15) is 87.0 Å². The number of benzene rings is 3. The van der Waals surface area contributed by atoms with Gasteiger partial charge in [-0.2, -0.15) is 0 Å². The van der Waals surface area contributed by atoms with E-state index in [0.717, 1.165) is 41.3 Å². The van der Waals surface area contributed by atoms with Gasteiger partial charge in [0.25, 0.3) is 5.91 Å². The first-order chi connectivity index (χ1) is 23.7. The van der Waals surface area contributed by atoms with Crippen molar-refractivity contribution in [1.82, 2.24) is 25.8 Å². The fourth-order valence-corrected chi connectivity index (χ4v) is 7.38. The summed E-state index contributed by atoms with van der Waals surface area (Å²) in [7, 11) is 0. The normalized spacial score (nSPS) is 17.5. The van der Waals surface area contributed by atoms with Crippen molar-refractivity contribution >= 4 is 34.7 Å². The molecule has 3 aromatic carbocycles. The summed E-state index contributed by atoms with van der Waals surface area (Å²) >= 11 is 0. The van der Waals surface area contributed by atoms with E-state index in [2.05, 4.69) is 33.1 Å². The molecule has 50 heavy (non-hydrogen) atoms. The van der Waals surface area contributed by atoms with Gasteiger partial charge in [-0.25, -0.2) is 4.79 Å². The predicted octanol–water partition coefficient (Wildman–Crippen LogP) is 5.93. The van der Waals surface area contributed by atoms with Gasteiger partial charge in [-0.15, -0.1) is 0 Å². The van der Waals surface area contributed by atoms with E-state index < -0.39 is 29.2 Å². The van der Waals surface area contributed by atoms with Gasteiger partial charge in [-0.1, -0.05) is 60.7 Å². The van der Waals surface area contributed by atoms with E-state index in [1.807, 2.05) is 77.8 Å². The zero-order valence-electron chi connectivity index (χ0n) is 29.5. The smallest absolute Gasteiger partial charge is 0.408 e. The second kappa shape index (κ2) is 13.7. The van der Waals surface area contributed by atoms with Crippen LogP contribution in [0.2, 0.25) is 0 Å². The Kier molecular flexibility index (Phi) is 9.48. The molecule has 262 valence electrons. The van der Waals surface area contributed by atoms with Crippen LogP contribution >= 0.6 is 0 Å². The summed E-state index contributed by atoms with van der Waals surface area (Å²) in [6, 6.07) is 24.4. The van der Waals surface area contributed by atoms with Crippen LogP contribution < -0.4 is 16.0 Å². The molecular weight excluding hydrogens is 630 g/mol. The summed E-state index contributed by atoms with van der Waals surface area (Å²) in [4.78, 5) is 59.0. The zero-order valence-corrected chi connectivity index (χ0v) is 29.5. The minimum atomic E-state index is -1.35. The molecule has 10 heteroatoms. The summed E-state index contributed by atoms with van der Waals surface area (Å²) in [5.74, 6) is -0.765. The molecule has 2 aliphatic rings. The van der Waals surface area contributed by atoms with E-state index in [0.29, 0.717) is 18.7 Å². The quantitative estimate of drug-likeness (QED) is 0.184. The summed E-state index contributed by atoms with van der Waals surface area (Å²) < 4.78 is 5.39. The third kappa shape index (κ3) is 7.39. The van der Waals surface area contributed by atoms with E-state index in [-0.39, 0.29) is 29.7 Å². The predicted molar refractivity (Wildman–Crippen MR) is 193 cm³/mol. The van der Waals surface area contributed by atoms with Gasteiger partial charge in [0.05, 0.1) is 6.04 Å². The number of carbonyl (C=O) groups is 4. The van der Waals surface area contributed by atoms with Crippen LogP contribution in [0.3, 0.4) is 0 Å². The van der Waals surface area contributed by atoms with Crippen LogP contribution in [0, 0.1) is 0 Å². The van der Waals surface area contributed by atoms with Gasteiger partial charge in [0.2, 0.25) is 11.8 Å². The van der Waals surface area contributed by atoms with Gasteiger partial charge in [0, 0.05) is 47.6 Å². The highest BCUT2D eigenvalue weighted by atomic mass is 16.6. The molecule has 1 aliphatic heterocycles. The van der Waals surface area contributed by atoms with E-state index >= 15 is 0 Å². The molecule has 4 N–H and O–H groups in total. The molecule has 4 amide bonds. The lowest BCUT2D eigenvalue weighted by molar-refractivity contribution is -0.139. The second-order valence-corrected chi connectivity index (χ2v) is 15.1.